The highest BCUT2D eigenvalue weighted by Crippen LogP contribution is 2.24. The van der Waals surface area contributed by atoms with Crippen LogP contribution in [0.2, 0.25) is 0 Å². The molecule has 71 valence electrons. The SMILES string of the molecule is [CH2]CCOCC=C(C)C(F)(F)F. The second-order valence-corrected chi connectivity index (χ2v) is 2.31. The molecular weight excluding hydrogens is 169 g/mol. The Bertz CT molecular complexity index is 149. The molecule has 1 radical (unpaired) electrons. The molecule has 0 atom stereocenters. The molecule has 12 heavy (non-hydrogen) atoms. The van der Waals surface area contributed by atoms with Gasteiger partial charge in [-0.2, -0.15) is 13.2 Å². The van der Waals surface area contributed by atoms with E-state index < -0.39 is 11.7 Å². The Morgan fingerprint density at radius 1 is 1.50 bits per heavy atom. The topological polar surface area (TPSA) is 9.23 Å². The molecule has 0 fully saturated rings. The van der Waals surface area contributed by atoms with Gasteiger partial charge in [0, 0.05) is 12.2 Å². The minimum atomic E-state index is -4.23. The Kier molecular flexibility index (Phi) is 4.97. The normalized spacial score (nSPS) is 13.6. The van der Waals surface area contributed by atoms with Crippen molar-refractivity contribution in [1.82, 2.24) is 0 Å². The highest BCUT2D eigenvalue weighted by atomic mass is 19.4. The third-order valence-corrected chi connectivity index (χ3v) is 1.24. The quantitative estimate of drug-likeness (QED) is 0.478. The highest BCUT2D eigenvalue weighted by molar-refractivity contribution is 5.04. The van der Waals surface area contributed by atoms with Gasteiger partial charge in [0.05, 0.1) is 6.61 Å². The molecule has 0 aromatic heterocycles. The van der Waals surface area contributed by atoms with Gasteiger partial charge in [-0.05, 0) is 13.3 Å². The molecule has 0 bridgehead atoms. The summed E-state index contributed by atoms with van der Waals surface area (Å²) in [6.07, 6.45) is -2.64. The molecule has 0 unspecified atom stereocenters. The molecule has 0 saturated carbocycles. The third-order valence-electron chi connectivity index (χ3n) is 1.24. The number of halogens is 3. The fourth-order valence-electron chi connectivity index (χ4n) is 0.485. The second kappa shape index (κ2) is 5.19. The Morgan fingerprint density at radius 2 is 2.08 bits per heavy atom. The van der Waals surface area contributed by atoms with E-state index in [2.05, 4.69) is 6.92 Å². The lowest BCUT2D eigenvalue weighted by atomic mass is 10.3. The highest BCUT2D eigenvalue weighted by Gasteiger charge is 2.29. The minimum absolute atomic E-state index is 0.000856. The number of hydrogen-bond acceptors (Lipinski definition) is 1. The van der Waals surface area contributed by atoms with Crippen LogP contribution < -0.4 is 0 Å². The standard InChI is InChI=1S/C8H12F3O/c1-3-5-12-6-4-7(2)8(9,10)11/h4H,1,3,5-6H2,2H3. The fourth-order valence-corrected chi connectivity index (χ4v) is 0.485. The van der Waals surface area contributed by atoms with E-state index in [1.54, 1.807) is 0 Å². The smallest absolute Gasteiger partial charge is 0.377 e. The van der Waals surface area contributed by atoms with Crippen molar-refractivity contribution in [3.63, 3.8) is 0 Å². The molecule has 0 saturated heterocycles. The van der Waals surface area contributed by atoms with Crippen LogP contribution in [0.4, 0.5) is 13.2 Å². The Labute approximate surface area is 70.2 Å². The largest absolute Gasteiger partial charge is 0.412 e. The van der Waals surface area contributed by atoms with E-state index in [1.165, 1.54) is 0 Å². The monoisotopic (exact) mass is 181 g/mol. The van der Waals surface area contributed by atoms with Gasteiger partial charge in [-0.25, -0.2) is 0 Å². The molecule has 0 aliphatic carbocycles. The summed E-state index contributed by atoms with van der Waals surface area (Å²) in [5, 5.41) is 0. The van der Waals surface area contributed by atoms with Crippen LogP contribution in [0.5, 0.6) is 0 Å². The summed E-state index contributed by atoms with van der Waals surface area (Å²) in [5.41, 5.74) is -0.619. The van der Waals surface area contributed by atoms with Crippen molar-refractivity contribution in [2.75, 3.05) is 13.2 Å². The van der Waals surface area contributed by atoms with E-state index in [9.17, 15) is 13.2 Å². The summed E-state index contributed by atoms with van der Waals surface area (Å²) < 4.78 is 40.3. The van der Waals surface area contributed by atoms with Crippen LogP contribution in [-0.4, -0.2) is 19.4 Å². The lowest BCUT2D eigenvalue weighted by Crippen LogP contribution is -2.09. The van der Waals surface area contributed by atoms with Gasteiger partial charge in [-0.1, -0.05) is 13.0 Å². The maximum absolute atomic E-state index is 11.8. The fraction of sp³-hybridized carbons (Fsp3) is 0.625. The first-order valence-corrected chi connectivity index (χ1v) is 3.59. The predicted molar refractivity (Wildman–Crippen MR) is 40.6 cm³/mol. The minimum Gasteiger partial charge on any atom is -0.377 e. The van der Waals surface area contributed by atoms with Gasteiger partial charge in [0.2, 0.25) is 0 Å². The first-order valence-electron chi connectivity index (χ1n) is 3.59. The molecule has 0 aliphatic heterocycles. The first kappa shape index (κ1) is 11.5. The molecule has 0 N–H and O–H groups in total. The average molecular weight is 181 g/mol. The zero-order valence-corrected chi connectivity index (χ0v) is 6.95. The van der Waals surface area contributed by atoms with E-state index in [0.29, 0.717) is 13.0 Å². The van der Waals surface area contributed by atoms with Gasteiger partial charge >= 0.3 is 6.18 Å². The number of allylic oxidation sites excluding steroid dienone is 1. The van der Waals surface area contributed by atoms with Gasteiger partial charge in [0.25, 0.3) is 0 Å². The summed E-state index contributed by atoms with van der Waals surface area (Å²) in [4.78, 5) is 0. The summed E-state index contributed by atoms with van der Waals surface area (Å²) >= 11 is 0. The summed E-state index contributed by atoms with van der Waals surface area (Å²) in [5.74, 6) is 0. The van der Waals surface area contributed by atoms with Crippen molar-refractivity contribution in [2.45, 2.75) is 19.5 Å². The second-order valence-electron chi connectivity index (χ2n) is 2.31. The summed E-state index contributed by atoms with van der Waals surface area (Å²) in [6, 6.07) is 0. The molecule has 1 nitrogen and oxygen atoms in total. The number of rotatable bonds is 4. The van der Waals surface area contributed by atoms with Gasteiger partial charge < -0.3 is 4.74 Å². The van der Waals surface area contributed by atoms with Crippen molar-refractivity contribution in [3.05, 3.63) is 18.6 Å². The van der Waals surface area contributed by atoms with Crippen LogP contribution in [0.25, 0.3) is 0 Å². The van der Waals surface area contributed by atoms with E-state index in [-0.39, 0.29) is 6.61 Å². The molecule has 0 rings (SSSR count). The molecule has 0 aliphatic rings. The van der Waals surface area contributed by atoms with Gasteiger partial charge in [-0.3, -0.25) is 0 Å². The van der Waals surface area contributed by atoms with Crippen molar-refractivity contribution >= 4 is 0 Å². The molecule has 0 aromatic carbocycles. The lowest BCUT2D eigenvalue weighted by molar-refractivity contribution is -0.0919. The third kappa shape index (κ3) is 5.18. The first-order chi connectivity index (χ1) is 5.48. The van der Waals surface area contributed by atoms with E-state index in [1.807, 2.05) is 0 Å². The summed E-state index contributed by atoms with van der Waals surface area (Å²) in [6.45, 7) is 4.90. The number of ether oxygens (including phenoxy) is 1. The molecule has 0 amide bonds. The maximum Gasteiger partial charge on any atom is 0.412 e. The van der Waals surface area contributed by atoms with Crippen molar-refractivity contribution in [1.29, 1.82) is 0 Å². The van der Waals surface area contributed by atoms with Crippen LogP contribution in [0.1, 0.15) is 13.3 Å². The summed E-state index contributed by atoms with van der Waals surface area (Å²) in [7, 11) is 0. The zero-order chi connectivity index (χ0) is 9.61. The maximum atomic E-state index is 11.8. The molecule has 0 heterocycles. The van der Waals surface area contributed by atoms with Crippen molar-refractivity contribution in [2.24, 2.45) is 0 Å². The van der Waals surface area contributed by atoms with Crippen LogP contribution in [0.15, 0.2) is 11.6 Å². The van der Waals surface area contributed by atoms with Crippen LogP contribution in [0, 0.1) is 6.92 Å². The molecule has 4 heteroatoms. The lowest BCUT2D eigenvalue weighted by Gasteiger charge is -2.05. The van der Waals surface area contributed by atoms with E-state index in [4.69, 9.17) is 4.74 Å². The van der Waals surface area contributed by atoms with Crippen LogP contribution in [0.3, 0.4) is 0 Å². The molecular formula is C8H12F3O. The Morgan fingerprint density at radius 3 is 2.50 bits per heavy atom. The van der Waals surface area contributed by atoms with Crippen LogP contribution in [-0.2, 0) is 4.74 Å². The number of hydrogen-bond donors (Lipinski definition) is 0. The van der Waals surface area contributed by atoms with Crippen molar-refractivity contribution in [3.8, 4) is 0 Å². The number of alkyl halides is 3. The van der Waals surface area contributed by atoms with Crippen LogP contribution >= 0.6 is 0 Å². The van der Waals surface area contributed by atoms with Gasteiger partial charge in [0.1, 0.15) is 0 Å². The Hall–Kier alpha value is -0.510. The zero-order valence-electron chi connectivity index (χ0n) is 6.95. The van der Waals surface area contributed by atoms with Gasteiger partial charge in [0.15, 0.2) is 0 Å². The van der Waals surface area contributed by atoms with E-state index >= 15 is 0 Å². The van der Waals surface area contributed by atoms with Crippen molar-refractivity contribution < 1.29 is 17.9 Å². The molecule has 0 aromatic rings. The average Bonchev–Trinajstić information content (AvgIpc) is 1.96. The predicted octanol–water partition coefficient (Wildman–Crippen LogP) is 2.74. The van der Waals surface area contributed by atoms with E-state index in [0.717, 1.165) is 13.0 Å². The van der Waals surface area contributed by atoms with Gasteiger partial charge in [-0.15, -0.1) is 0 Å². The molecule has 0 spiro atoms. The Balaban J connectivity index is 3.70.